The molecular formula is C18H27N. The van der Waals surface area contributed by atoms with E-state index in [0.29, 0.717) is 0 Å². The minimum atomic E-state index is 0.928. The molecule has 0 amide bonds. The Labute approximate surface area is 118 Å². The zero-order valence-corrected chi connectivity index (χ0v) is 12.2. The van der Waals surface area contributed by atoms with Crippen molar-refractivity contribution >= 4 is 0 Å². The predicted molar refractivity (Wildman–Crippen MR) is 85.1 cm³/mol. The molecule has 19 heavy (non-hydrogen) atoms. The molecule has 0 unspecified atom stereocenters. The van der Waals surface area contributed by atoms with Crippen molar-refractivity contribution in [2.75, 3.05) is 0 Å². The van der Waals surface area contributed by atoms with E-state index in [-0.39, 0.29) is 0 Å². The number of nitrogens with one attached hydrogen (secondary N) is 1. The van der Waals surface area contributed by atoms with Gasteiger partial charge < -0.3 is 5.32 Å². The van der Waals surface area contributed by atoms with Gasteiger partial charge in [-0.15, -0.1) is 6.58 Å². The van der Waals surface area contributed by atoms with Crippen LogP contribution in [0.15, 0.2) is 49.2 Å². The highest BCUT2D eigenvalue weighted by Gasteiger charge is 2.00. The van der Waals surface area contributed by atoms with E-state index < -0.39 is 0 Å². The molecule has 1 N–H and O–H groups in total. The molecule has 0 aliphatic carbocycles. The molecule has 0 saturated carbocycles. The fourth-order valence-corrected chi connectivity index (χ4v) is 2.22. The van der Waals surface area contributed by atoms with Gasteiger partial charge in [0.05, 0.1) is 0 Å². The lowest BCUT2D eigenvalue weighted by molar-refractivity contribution is 0.643. The fraction of sp³-hybridized carbons (Fsp3) is 0.444. The van der Waals surface area contributed by atoms with E-state index in [1.165, 1.54) is 43.2 Å². The van der Waals surface area contributed by atoms with Crippen molar-refractivity contribution in [2.45, 2.75) is 52.0 Å². The van der Waals surface area contributed by atoms with Gasteiger partial charge in [0.1, 0.15) is 0 Å². The Morgan fingerprint density at radius 1 is 1.05 bits per heavy atom. The molecule has 0 fully saturated rings. The Kier molecular flexibility index (Phi) is 8.54. The van der Waals surface area contributed by atoms with Crippen molar-refractivity contribution < 1.29 is 0 Å². The van der Waals surface area contributed by atoms with Gasteiger partial charge in [0.25, 0.3) is 0 Å². The predicted octanol–water partition coefficient (Wildman–Crippen LogP) is 4.99. The summed E-state index contributed by atoms with van der Waals surface area (Å²) in [6, 6.07) is 8.76. The van der Waals surface area contributed by atoms with Gasteiger partial charge in [-0.1, -0.05) is 49.3 Å². The first kappa shape index (κ1) is 15.6. The average Bonchev–Trinajstić information content (AvgIpc) is 2.44. The molecule has 1 aromatic rings. The van der Waals surface area contributed by atoms with Gasteiger partial charge in [0.15, 0.2) is 0 Å². The van der Waals surface area contributed by atoms with Gasteiger partial charge in [-0.2, -0.15) is 0 Å². The molecule has 1 nitrogen and oxygen atoms in total. The zero-order chi connectivity index (χ0) is 13.8. The van der Waals surface area contributed by atoms with Crippen LogP contribution in [0.1, 0.15) is 50.2 Å². The number of allylic oxidation sites excluding steroid dienone is 2. The first-order chi connectivity index (χ1) is 9.38. The summed E-state index contributed by atoms with van der Waals surface area (Å²) in [5.74, 6) is 0. The third-order valence-corrected chi connectivity index (χ3v) is 3.30. The van der Waals surface area contributed by atoms with Crippen LogP contribution in [0, 0.1) is 0 Å². The van der Waals surface area contributed by atoms with Crippen LogP contribution in [0.4, 0.5) is 0 Å². The molecule has 0 aliphatic rings. The summed E-state index contributed by atoms with van der Waals surface area (Å²) in [5.41, 5.74) is 2.91. The number of unbranched alkanes of at least 4 members (excludes halogenated alkanes) is 4. The van der Waals surface area contributed by atoms with Gasteiger partial charge in [-0.05, 0) is 49.9 Å². The molecule has 0 saturated heterocycles. The molecule has 0 spiro atoms. The Morgan fingerprint density at radius 3 is 2.53 bits per heavy atom. The molecule has 0 atom stereocenters. The van der Waals surface area contributed by atoms with E-state index in [1.54, 1.807) is 0 Å². The molecule has 0 bridgehead atoms. The average molecular weight is 257 g/mol. The largest absolute Gasteiger partial charge is 0.387 e. The highest BCUT2D eigenvalue weighted by Crippen LogP contribution is 2.13. The third-order valence-electron chi connectivity index (χ3n) is 3.30. The van der Waals surface area contributed by atoms with E-state index in [1.807, 2.05) is 25.3 Å². The Balaban J connectivity index is 2.33. The number of hydrogen-bond acceptors (Lipinski definition) is 1. The summed E-state index contributed by atoms with van der Waals surface area (Å²) in [6.45, 7) is 6.72. The molecule has 1 heteroatoms. The molecule has 0 aliphatic heterocycles. The Bertz CT molecular complexity index is 379. The van der Waals surface area contributed by atoms with E-state index >= 15 is 0 Å². The van der Waals surface area contributed by atoms with E-state index in [0.717, 1.165) is 13.0 Å². The van der Waals surface area contributed by atoms with Gasteiger partial charge in [0.2, 0.25) is 0 Å². The van der Waals surface area contributed by atoms with Crippen molar-refractivity contribution in [1.29, 1.82) is 0 Å². The maximum absolute atomic E-state index is 3.76. The normalized spacial score (nSPS) is 10.8. The third kappa shape index (κ3) is 6.85. The van der Waals surface area contributed by atoms with Crippen molar-refractivity contribution in [1.82, 2.24) is 5.32 Å². The first-order valence-electron chi connectivity index (χ1n) is 7.40. The lowest BCUT2D eigenvalue weighted by Crippen LogP contribution is -2.06. The molecule has 104 valence electrons. The molecular weight excluding hydrogens is 230 g/mol. The summed E-state index contributed by atoms with van der Waals surface area (Å²) < 4.78 is 0. The van der Waals surface area contributed by atoms with Crippen LogP contribution >= 0.6 is 0 Å². The van der Waals surface area contributed by atoms with Gasteiger partial charge in [-0.25, -0.2) is 0 Å². The summed E-state index contributed by atoms with van der Waals surface area (Å²) in [5, 5.41) is 3.32. The molecule has 0 radical (unpaired) electrons. The fourth-order valence-electron chi connectivity index (χ4n) is 2.22. The lowest BCUT2D eigenvalue weighted by Gasteiger charge is -2.09. The van der Waals surface area contributed by atoms with E-state index in [4.69, 9.17) is 0 Å². The van der Waals surface area contributed by atoms with Crippen LogP contribution < -0.4 is 5.32 Å². The second kappa shape index (κ2) is 10.4. The van der Waals surface area contributed by atoms with Crippen molar-refractivity contribution in [3.63, 3.8) is 0 Å². The lowest BCUT2D eigenvalue weighted by atomic mass is 10.0. The van der Waals surface area contributed by atoms with Crippen LogP contribution in [0.2, 0.25) is 0 Å². The van der Waals surface area contributed by atoms with Crippen molar-refractivity contribution in [3.05, 3.63) is 60.3 Å². The SMILES string of the molecule is C=CCCCCCCc1ccccc1CN/C=C\C. The zero-order valence-electron chi connectivity index (χ0n) is 12.2. The highest BCUT2D eigenvalue weighted by molar-refractivity contribution is 5.27. The summed E-state index contributed by atoms with van der Waals surface area (Å²) in [6.07, 6.45) is 13.6. The van der Waals surface area contributed by atoms with Crippen LogP contribution in [0.25, 0.3) is 0 Å². The standard InChI is InChI=1S/C18H27N/c1-3-5-6-7-8-9-12-17-13-10-11-14-18(17)16-19-15-4-2/h3-4,10-11,13-15,19H,1,5-9,12,16H2,2H3/b15-4-. The van der Waals surface area contributed by atoms with Crippen molar-refractivity contribution in [2.24, 2.45) is 0 Å². The van der Waals surface area contributed by atoms with Gasteiger partial charge in [0, 0.05) is 6.54 Å². The van der Waals surface area contributed by atoms with Crippen LogP contribution in [0.5, 0.6) is 0 Å². The van der Waals surface area contributed by atoms with Gasteiger partial charge >= 0.3 is 0 Å². The number of aryl methyl sites for hydroxylation is 1. The highest BCUT2D eigenvalue weighted by atomic mass is 14.8. The smallest absolute Gasteiger partial charge is 0.0397 e. The van der Waals surface area contributed by atoms with Crippen molar-refractivity contribution in [3.8, 4) is 0 Å². The minimum Gasteiger partial charge on any atom is -0.387 e. The molecule has 0 aromatic heterocycles. The number of benzene rings is 1. The second-order valence-corrected chi connectivity index (χ2v) is 4.89. The monoisotopic (exact) mass is 257 g/mol. The van der Waals surface area contributed by atoms with E-state index in [9.17, 15) is 0 Å². The molecule has 1 aromatic carbocycles. The summed E-state index contributed by atoms with van der Waals surface area (Å²) in [7, 11) is 0. The molecule has 1 rings (SSSR count). The second-order valence-electron chi connectivity index (χ2n) is 4.89. The molecule has 0 heterocycles. The topological polar surface area (TPSA) is 12.0 Å². The van der Waals surface area contributed by atoms with Crippen LogP contribution in [-0.2, 0) is 13.0 Å². The summed E-state index contributed by atoms with van der Waals surface area (Å²) >= 11 is 0. The summed E-state index contributed by atoms with van der Waals surface area (Å²) in [4.78, 5) is 0. The van der Waals surface area contributed by atoms with Crippen LogP contribution in [0.3, 0.4) is 0 Å². The minimum absolute atomic E-state index is 0.928. The number of rotatable bonds is 10. The van der Waals surface area contributed by atoms with E-state index in [2.05, 4.69) is 36.2 Å². The Morgan fingerprint density at radius 2 is 1.79 bits per heavy atom. The van der Waals surface area contributed by atoms with Crippen LogP contribution in [-0.4, -0.2) is 0 Å². The number of hydrogen-bond donors (Lipinski definition) is 1. The van der Waals surface area contributed by atoms with Gasteiger partial charge in [-0.3, -0.25) is 0 Å². The maximum Gasteiger partial charge on any atom is 0.0397 e. The Hall–Kier alpha value is -1.50. The quantitative estimate of drug-likeness (QED) is 0.460. The first-order valence-corrected chi connectivity index (χ1v) is 7.40. The maximum atomic E-state index is 3.76.